The molecular weight excluding hydrogens is 241 g/mol. The molecule has 0 aliphatic heterocycles. The van der Waals surface area contributed by atoms with Gasteiger partial charge in [0, 0.05) is 0 Å². The van der Waals surface area contributed by atoms with E-state index in [4.69, 9.17) is 10.5 Å². The molecule has 0 aliphatic carbocycles. The van der Waals surface area contributed by atoms with E-state index in [1.54, 1.807) is 6.07 Å². The number of rotatable bonds is 4. The van der Waals surface area contributed by atoms with Crippen molar-refractivity contribution >= 4 is 0 Å². The summed E-state index contributed by atoms with van der Waals surface area (Å²) in [5.74, 6) is 0.529. The lowest BCUT2D eigenvalue weighted by Crippen LogP contribution is -2.03. The molecule has 0 heterocycles. The van der Waals surface area contributed by atoms with Crippen LogP contribution in [0.1, 0.15) is 16.7 Å². The zero-order valence-corrected chi connectivity index (χ0v) is 11.2. The first-order valence-electron chi connectivity index (χ1n) is 6.34. The lowest BCUT2D eigenvalue weighted by atomic mass is 10.1. The van der Waals surface area contributed by atoms with Crippen LogP contribution >= 0.6 is 0 Å². The van der Waals surface area contributed by atoms with E-state index in [-0.39, 0.29) is 11.6 Å². The van der Waals surface area contributed by atoms with E-state index in [9.17, 15) is 4.39 Å². The second kappa shape index (κ2) is 5.85. The normalized spacial score (nSPS) is 10.5. The summed E-state index contributed by atoms with van der Waals surface area (Å²) in [5, 5.41) is 0. The van der Waals surface area contributed by atoms with Crippen molar-refractivity contribution in [1.82, 2.24) is 0 Å². The summed E-state index contributed by atoms with van der Waals surface area (Å²) in [5.41, 5.74) is 8.64. The third-order valence-corrected chi connectivity index (χ3v) is 3.14. The van der Waals surface area contributed by atoms with Crippen molar-refractivity contribution in [3.8, 4) is 11.5 Å². The summed E-state index contributed by atoms with van der Waals surface area (Å²) >= 11 is 0. The van der Waals surface area contributed by atoms with Gasteiger partial charge >= 0.3 is 0 Å². The molecule has 0 saturated carbocycles. The average Bonchev–Trinajstić information content (AvgIpc) is 2.37. The monoisotopic (exact) mass is 259 g/mol. The Bertz CT molecular complexity index is 581. The zero-order chi connectivity index (χ0) is 13.8. The van der Waals surface area contributed by atoms with Crippen molar-refractivity contribution < 1.29 is 9.13 Å². The molecule has 0 amide bonds. The Morgan fingerprint density at radius 1 is 1.05 bits per heavy atom. The van der Waals surface area contributed by atoms with E-state index in [2.05, 4.69) is 0 Å². The van der Waals surface area contributed by atoms with Gasteiger partial charge in [-0.15, -0.1) is 0 Å². The van der Waals surface area contributed by atoms with Gasteiger partial charge in [-0.1, -0.05) is 12.1 Å². The van der Waals surface area contributed by atoms with Gasteiger partial charge in [-0.25, -0.2) is 4.39 Å². The molecular formula is C16H18FNO. The van der Waals surface area contributed by atoms with Gasteiger partial charge in [-0.2, -0.15) is 0 Å². The number of nitrogens with two attached hydrogens (primary N) is 1. The van der Waals surface area contributed by atoms with Gasteiger partial charge in [0.2, 0.25) is 0 Å². The molecule has 0 aromatic heterocycles. The van der Waals surface area contributed by atoms with Crippen LogP contribution in [0.2, 0.25) is 0 Å². The van der Waals surface area contributed by atoms with Crippen molar-refractivity contribution in [2.45, 2.75) is 20.3 Å². The van der Waals surface area contributed by atoms with Crippen LogP contribution in [0.15, 0.2) is 36.4 Å². The van der Waals surface area contributed by atoms with Crippen molar-refractivity contribution in [3.05, 3.63) is 58.9 Å². The molecule has 2 aromatic carbocycles. The summed E-state index contributed by atoms with van der Waals surface area (Å²) in [6.07, 6.45) is 0.667. The fourth-order valence-electron chi connectivity index (χ4n) is 1.85. The number of hydrogen-bond acceptors (Lipinski definition) is 2. The highest BCUT2D eigenvalue weighted by atomic mass is 19.1. The van der Waals surface area contributed by atoms with Gasteiger partial charge < -0.3 is 10.5 Å². The Kier molecular flexibility index (Phi) is 4.17. The highest BCUT2D eigenvalue weighted by Crippen LogP contribution is 2.26. The summed E-state index contributed by atoms with van der Waals surface area (Å²) in [6.45, 7) is 4.54. The Balaban J connectivity index is 2.20. The maximum atomic E-state index is 13.9. The summed E-state index contributed by atoms with van der Waals surface area (Å²) in [4.78, 5) is 0. The van der Waals surface area contributed by atoms with E-state index >= 15 is 0 Å². The molecule has 0 fully saturated rings. The molecule has 2 aromatic rings. The summed E-state index contributed by atoms with van der Waals surface area (Å²) < 4.78 is 19.4. The number of benzene rings is 2. The van der Waals surface area contributed by atoms with Crippen LogP contribution in [0.5, 0.6) is 11.5 Å². The minimum atomic E-state index is -0.357. The summed E-state index contributed by atoms with van der Waals surface area (Å²) in [7, 11) is 0. The van der Waals surface area contributed by atoms with Gasteiger partial charge in [0.05, 0.1) is 0 Å². The number of hydrogen-bond donors (Lipinski definition) is 1. The molecule has 0 atom stereocenters. The molecule has 0 bridgehead atoms. The van der Waals surface area contributed by atoms with Gasteiger partial charge in [-0.05, 0) is 67.8 Å². The number of halogens is 1. The SMILES string of the molecule is Cc1ccc(Oc2ccc(CCN)cc2F)cc1C. The molecule has 2 N–H and O–H groups in total. The predicted molar refractivity (Wildman–Crippen MR) is 75.1 cm³/mol. The molecule has 0 radical (unpaired) electrons. The third kappa shape index (κ3) is 3.32. The number of aryl methyl sites for hydroxylation is 2. The maximum absolute atomic E-state index is 13.9. The van der Waals surface area contributed by atoms with E-state index < -0.39 is 0 Å². The van der Waals surface area contributed by atoms with Crippen molar-refractivity contribution in [2.75, 3.05) is 6.54 Å². The van der Waals surface area contributed by atoms with Gasteiger partial charge in [0.15, 0.2) is 11.6 Å². The van der Waals surface area contributed by atoms with Gasteiger partial charge in [-0.3, -0.25) is 0 Å². The van der Waals surface area contributed by atoms with Crippen LogP contribution in [-0.2, 0) is 6.42 Å². The van der Waals surface area contributed by atoms with E-state index in [0.29, 0.717) is 18.7 Å². The highest BCUT2D eigenvalue weighted by Gasteiger charge is 2.06. The average molecular weight is 259 g/mol. The smallest absolute Gasteiger partial charge is 0.165 e. The van der Waals surface area contributed by atoms with Gasteiger partial charge in [0.25, 0.3) is 0 Å². The highest BCUT2D eigenvalue weighted by molar-refractivity contribution is 5.38. The molecule has 3 heteroatoms. The second-order valence-corrected chi connectivity index (χ2v) is 4.65. The lowest BCUT2D eigenvalue weighted by Gasteiger charge is -2.09. The quantitative estimate of drug-likeness (QED) is 0.907. The van der Waals surface area contributed by atoms with Crippen LogP contribution in [-0.4, -0.2) is 6.54 Å². The molecule has 0 unspecified atom stereocenters. The van der Waals surface area contributed by atoms with Crippen molar-refractivity contribution in [1.29, 1.82) is 0 Å². The molecule has 0 saturated heterocycles. The Hall–Kier alpha value is -1.87. The lowest BCUT2D eigenvalue weighted by molar-refractivity contribution is 0.441. The molecule has 19 heavy (non-hydrogen) atoms. The maximum Gasteiger partial charge on any atom is 0.165 e. The molecule has 2 nitrogen and oxygen atoms in total. The fraction of sp³-hybridized carbons (Fsp3) is 0.250. The largest absolute Gasteiger partial charge is 0.454 e. The molecule has 0 aliphatic rings. The van der Waals surface area contributed by atoms with Crippen LogP contribution in [0.3, 0.4) is 0 Å². The van der Waals surface area contributed by atoms with Crippen LogP contribution in [0.25, 0.3) is 0 Å². The summed E-state index contributed by atoms with van der Waals surface area (Å²) in [6, 6.07) is 10.7. The molecule has 2 rings (SSSR count). The minimum Gasteiger partial charge on any atom is -0.454 e. The number of ether oxygens (including phenoxy) is 1. The predicted octanol–water partition coefficient (Wildman–Crippen LogP) is 3.74. The molecule has 100 valence electrons. The fourth-order valence-corrected chi connectivity index (χ4v) is 1.85. The standard InChI is InChI=1S/C16H18FNO/c1-11-3-5-14(9-12(11)2)19-16-6-4-13(7-8-18)10-15(16)17/h3-6,9-10H,7-8,18H2,1-2H3. The second-order valence-electron chi connectivity index (χ2n) is 4.65. The van der Waals surface area contributed by atoms with Crippen LogP contribution < -0.4 is 10.5 Å². The van der Waals surface area contributed by atoms with Crippen molar-refractivity contribution in [3.63, 3.8) is 0 Å². The third-order valence-electron chi connectivity index (χ3n) is 3.14. The first kappa shape index (κ1) is 13.6. The van der Waals surface area contributed by atoms with E-state index in [1.807, 2.05) is 38.1 Å². The Morgan fingerprint density at radius 3 is 2.47 bits per heavy atom. The van der Waals surface area contributed by atoms with Crippen LogP contribution in [0, 0.1) is 19.7 Å². The topological polar surface area (TPSA) is 35.2 Å². The van der Waals surface area contributed by atoms with E-state index in [0.717, 1.165) is 11.1 Å². The van der Waals surface area contributed by atoms with Crippen LogP contribution in [0.4, 0.5) is 4.39 Å². The van der Waals surface area contributed by atoms with Gasteiger partial charge in [0.1, 0.15) is 5.75 Å². The Morgan fingerprint density at radius 2 is 1.84 bits per heavy atom. The Labute approximate surface area is 113 Å². The first-order valence-corrected chi connectivity index (χ1v) is 6.34. The minimum absolute atomic E-state index is 0.240. The first-order chi connectivity index (χ1) is 9.10. The zero-order valence-electron chi connectivity index (χ0n) is 11.2. The van der Waals surface area contributed by atoms with Crippen molar-refractivity contribution in [2.24, 2.45) is 5.73 Å². The van der Waals surface area contributed by atoms with E-state index in [1.165, 1.54) is 11.6 Å². The molecule has 0 spiro atoms.